The number of aromatic nitrogens is 1. The molecular formula is C42H38N2O3. The Hall–Kier alpha value is -5.42. The average molecular weight is 619 g/mol. The summed E-state index contributed by atoms with van der Waals surface area (Å²) in [5, 5.41) is 3.85. The van der Waals surface area contributed by atoms with Crippen molar-refractivity contribution >= 4 is 11.5 Å². The number of nitrogens with zero attached hydrogens (tertiary/aromatic N) is 1. The largest absolute Gasteiger partial charge is 0.493 e. The monoisotopic (exact) mass is 618 g/mol. The van der Waals surface area contributed by atoms with Gasteiger partial charge in [-0.1, -0.05) is 97.1 Å². The number of ketones is 1. The normalized spacial score (nSPS) is 14.8. The van der Waals surface area contributed by atoms with Gasteiger partial charge in [0.1, 0.15) is 11.5 Å². The van der Waals surface area contributed by atoms with E-state index in [4.69, 9.17) is 14.1 Å². The molecule has 1 unspecified atom stereocenters. The molecule has 0 spiro atoms. The number of aryl methyl sites for hydroxylation is 1. The third-order valence-electron chi connectivity index (χ3n) is 9.19. The van der Waals surface area contributed by atoms with Crippen molar-refractivity contribution in [2.45, 2.75) is 44.6 Å². The summed E-state index contributed by atoms with van der Waals surface area (Å²) in [4.78, 5) is 18.3. The van der Waals surface area contributed by atoms with E-state index in [-0.39, 0.29) is 5.78 Å². The Kier molecular flexibility index (Phi) is 8.45. The first-order valence-electron chi connectivity index (χ1n) is 16.3. The van der Waals surface area contributed by atoms with E-state index in [1.54, 1.807) is 0 Å². The maximum absolute atomic E-state index is 13.6. The molecule has 5 heteroatoms. The Bertz CT molecular complexity index is 1980. The lowest BCUT2D eigenvalue weighted by Crippen LogP contribution is -2.34. The summed E-state index contributed by atoms with van der Waals surface area (Å²) in [6, 6.07) is 44.5. The molecule has 5 nitrogen and oxygen atoms in total. The summed E-state index contributed by atoms with van der Waals surface area (Å²) in [6.45, 7) is 4.68. The van der Waals surface area contributed by atoms with Crippen molar-refractivity contribution in [1.29, 1.82) is 0 Å². The van der Waals surface area contributed by atoms with Gasteiger partial charge in [-0.05, 0) is 85.7 Å². The molecule has 1 aliphatic carbocycles. The van der Waals surface area contributed by atoms with E-state index in [1.165, 1.54) is 11.1 Å². The number of carbonyl (C=O) groups excluding carboxylic acids is 1. The number of ether oxygens (including phenoxy) is 1. The molecule has 234 valence electrons. The van der Waals surface area contributed by atoms with Gasteiger partial charge in [0.05, 0.1) is 17.8 Å². The number of para-hydroxylation sites is 1. The van der Waals surface area contributed by atoms with Crippen LogP contribution in [0.2, 0.25) is 0 Å². The molecule has 1 N–H and O–H groups in total. The molecule has 2 atom stereocenters. The minimum Gasteiger partial charge on any atom is -0.493 e. The van der Waals surface area contributed by atoms with Crippen LogP contribution in [0.5, 0.6) is 5.75 Å². The highest BCUT2D eigenvalue weighted by molar-refractivity contribution is 6.12. The van der Waals surface area contributed by atoms with Gasteiger partial charge in [-0.15, -0.1) is 0 Å². The van der Waals surface area contributed by atoms with Crippen LogP contribution >= 0.6 is 0 Å². The summed E-state index contributed by atoms with van der Waals surface area (Å²) < 4.78 is 12.1. The second kappa shape index (κ2) is 13.1. The van der Waals surface area contributed by atoms with Crippen LogP contribution in [0, 0.1) is 6.92 Å². The number of fused-ring (bicyclic) bond motifs is 2. The molecule has 0 saturated carbocycles. The molecule has 6 aromatic rings. The first-order valence-corrected chi connectivity index (χ1v) is 16.3. The van der Waals surface area contributed by atoms with E-state index in [0.717, 1.165) is 46.9 Å². The number of oxazole rings is 1. The maximum Gasteiger partial charge on any atom is 0.226 e. The van der Waals surface area contributed by atoms with Crippen molar-refractivity contribution in [2.75, 3.05) is 11.9 Å². The highest BCUT2D eigenvalue weighted by atomic mass is 16.5. The van der Waals surface area contributed by atoms with Crippen molar-refractivity contribution in [2.24, 2.45) is 0 Å². The topological polar surface area (TPSA) is 64.4 Å². The van der Waals surface area contributed by atoms with Crippen LogP contribution in [0.3, 0.4) is 0 Å². The molecule has 0 amide bonds. The van der Waals surface area contributed by atoms with E-state index >= 15 is 0 Å². The van der Waals surface area contributed by atoms with E-state index in [0.29, 0.717) is 36.0 Å². The quantitative estimate of drug-likeness (QED) is 0.138. The third kappa shape index (κ3) is 6.61. The molecule has 0 radical (unpaired) electrons. The number of rotatable bonds is 12. The van der Waals surface area contributed by atoms with E-state index in [9.17, 15) is 4.79 Å². The Morgan fingerprint density at radius 3 is 2.36 bits per heavy atom. The number of anilines is 1. The predicted molar refractivity (Wildman–Crippen MR) is 187 cm³/mol. The third-order valence-corrected chi connectivity index (χ3v) is 9.19. The molecular weight excluding hydrogens is 580 g/mol. The SMILES string of the molecule is Cc1oc(-c2ccccc2)nc1CCOc1ccc(C(C)(C[C@@H]2Cc3cccc2c3)Nc2ccccc2C(=O)c2ccccc2)cc1. The number of hydrogen-bond donors (Lipinski definition) is 1. The molecule has 47 heavy (non-hydrogen) atoms. The maximum atomic E-state index is 13.6. The standard InChI is InChI=1S/C42H38N2O3/c1-29-38(43-41(47-29)32-15-7-4-8-16-32)24-25-46-36-22-20-35(21-23-36)42(2,28-34-27-30-12-11-17-33(34)26-30)44-39-19-10-9-18-37(39)40(45)31-13-5-3-6-14-31/h3-23,26,34,44H,24-25,27-28H2,1-2H3/t34-,42?/m0/s1. The fourth-order valence-corrected chi connectivity index (χ4v) is 6.68. The number of benzene rings is 5. The number of hydrogen-bond acceptors (Lipinski definition) is 5. The van der Waals surface area contributed by atoms with Crippen molar-refractivity contribution in [3.63, 3.8) is 0 Å². The highest BCUT2D eigenvalue weighted by Crippen LogP contribution is 2.42. The van der Waals surface area contributed by atoms with Crippen LogP contribution in [0.1, 0.15) is 63.3 Å². The predicted octanol–water partition coefficient (Wildman–Crippen LogP) is 9.56. The van der Waals surface area contributed by atoms with Gasteiger partial charge in [0.25, 0.3) is 0 Å². The van der Waals surface area contributed by atoms with Crippen LogP contribution in [0.15, 0.2) is 138 Å². The number of nitrogens with one attached hydrogen (secondary N) is 1. The van der Waals surface area contributed by atoms with Crippen molar-refractivity contribution < 1.29 is 13.9 Å². The molecule has 2 bridgehead atoms. The van der Waals surface area contributed by atoms with Gasteiger partial charge in [-0.25, -0.2) is 4.98 Å². The van der Waals surface area contributed by atoms with Gasteiger partial charge in [-0.2, -0.15) is 0 Å². The van der Waals surface area contributed by atoms with Crippen LogP contribution in [-0.2, 0) is 18.4 Å². The van der Waals surface area contributed by atoms with E-state index < -0.39 is 5.54 Å². The van der Waals surface area contributed by atoms with Crippen LogP contribution < -0.4 is 10.1 Å². The molecule has 1 heterocycles. The van der Waals surface area contributed by atoms with Crippen molar-refractivity contribution in [1.82, 2.24) is 4.98 Å². The summed E-state index contributed by atoms with van der Waals surface area (Å²) in [5.74, 6) is 2.62. The van der Waals surface area contributed by atoms with E-state index in [1.807, 2.05) is 104 Å². The Morgan fingerprint density at radius 1 is 0.872 bits per heavy atom. The van der Waals surface area contributed by atoms with Crippen molar-refractivity contribution in [3.05, 3.63) is 173 Å². The zero-order valence-electron chi connectivity index (χ0n) is 26.8. The zero-order valence-corrected chi connectivity index (χ0v) is 26.8. The zero-order chi connectivity index (χ0) is 32.2. The van der Waals surface area contributed by atoms with E-state index in [2.05, 4.69) is 48.6 Å². The Balaban J connectivity index is 1.10. The molecule has 0 aliphatic heterocycles. The fourth-order valence-electron chi connectivity index (χ4n) is 6.68. The number of carbonyl (C=O) groups is 1. The lowest BCUT2D eigenvalue weighted by molar-refractivity contribution is 0.103. The Labute approximate surface area is 276 Å². The summed E-state index contributed by atoms with van der Waals surface area (Å²) >= 11 is 0. The van der Waals surface area contributed by atoms with Gasteiger partial charge in [-0.3, -0.25) is 4.79 Å². The first-order chi connectivity index (χ1) is 22.9. The van der Waals surface area contributed by atoms with Gasteiger partial charge in [0, 0.05) is 28.8 Å². The Morgan fingerprint density at radius 2 is 1.60 bits per heavy atom. The molecule has 5 aromatic carbocycles. The first kappa shape index (κ1) is 30.2. The van der Waals surface area contributed by atoms with Crippen LogP contribution in [0.25, 0.3) is 11.5 Å². The molecule has 1 aromatic heterocycles. The average Bonchev–Trinajstić information content (AvgIpc) is 3.61. The molecule has 0 saturated heterocycles. The highest BCUT2D eigenvalue weighted by Gasteiger charge is 2.34. The fraction of sp³-hybridized carbons (Fsp3) is 0.190. The smallest absolute Gasteiger partial charge is 0.226 e. The summed E-state index contributed by atoms with van der Waals surface area (Å²) in [6.07, 6.45) is 2.53. The van der Waals surface area contributed by atoms with Crippen LogP contribution in [-0.4, -0.2) is 17.4 Å². The molecule has 7 rings (SSSR count). The second-order valence-electron chi connectivity index (χ2n) is 12.6. The minimum atomic E-state index is -0.464. The van der Waals surface area contributed by atoms with Crippen LogP contribution in [0.4, 0.5) is 5.69 Å². The van der Waals surface area contributed by atoms with Crippen molar-refractivity contribution in [3.8, 4) is 17.2 Å². The lowest BCUT2D eigenvalue weighted by Gasteiger charge is -2.36. The molecule has 1 aliphatic rings. The van der Waals surface area contributed by atoms with Gasteiger partial charge >= 0.3 is 0 Å². The minimum absolute atomic E-state index is 0.00514. The van der Waals surface area contributed by atoms with Gasteiger partial charge in [0.2, 0.25) is 5.89 Å². The van der Waals surface area contributed by atoms with Gasteiger partial charge < -0.3 is 14.5 Å². The van der Waals surface area contributed by atoms with Gasteiger partial charge in [0.15, 0.2) is 5.78 Å². The second-order valence-corrected chi connectivity index (χ2v) is 12.6. The molecule has 0 fully saturated rings. The lowest BCUT2D eigenvalue weighted by atomic mass is 9.80. The summed E-state index contributed by atoms with van der Waals surface area (Å²) in [7, 11) is 0. The summed E-state index contributed by atoms with van der Waals surface area (Å²) in [5.41, 5.74) is 7.43.